The molecule has 4 heterocycles. The predicted molar refractivity (Wildman–Crippen MR) is 106 cm³/mol. The molecule has 3 aromatic rings. The highest BCUT2D eigenvalue weighted by molar-refractivity contribution is 6.33. The number of nitrogens with zero attached hydrogens (tertiary/aromatic N) is 2. The van der Waals surface area contributed by atoms with Crippen molar-refractivity contribution in [2.45, 2.75) is 43.7 Å². The van der Waals surface area contributed by atoms with Crippen molar-refractivity contribution >= 4 is 22.8 Å². The lowest BCUT2D eigenvalue weighted by molar-refractivity contribution is 0.0273. The van der Waals surface area contributed by atoms with Gasteiger partial charge in [0.2, 0.25) is 0 Å². The van der Waals surface area contributed by atoms with E-state index in [-0.39, 0.29) is 18.3 Å². The number of halogens is 1. The number of hydrogen-bond acceptors (Lipinski definition) is 6. The van der Waals surface area contributed by atoms with E-state index in [0.29, 0.717) is 41.7 Å². The second-order valence-corrected chi connectivity index (χ2v) is 8.13. The summed E-state index contributed by atoms with van der Waals surface area (Å²) >= 11 is 6.50. The van der Waals surface area contributed by atoms with Gasteiger partial charge < -0.3 is 23.9 Å². The average Bonchev–Trinajstić information content (AvgIpc) is 3.11. The molecule has 3 atom stereocenters. The lowest BCUT2D eigenvalue weighted by Crippen LogP contribution is -2.32. The summed E-state index contributed by atoms with van der Waals surface area (Å²) in [5.74, 6) is 0.870. The van der Waals surface area contributed by atoms with Crippen LogP contribution in [-0.4, -0.2) is 52.6 Å². The molecule has 7 nitrogen and oxygen atoms in total. The third-order valence-electron chi connectivity index (χ3n) is 5.54. The number of fused-ring (bicyclic) bond motifs is 2. The Labute approximate surface area is 172 Å². The number of H-pyrrole nitrogens is 1. The van der Waals surface area contributed by atoms with Crippen LogP contribution in [0.3, 0.4) is 0 Å². The summed E-state index contributed by atoms with van der Waals surface area (Å²) in [4.78, 5) is 12.3. The zero-order valence-corrected chi connectivity index (χ0v) is 16.4. The van der Waals surface area contributed by atoms with Crippen LogP contribution < -0.4 is 9.47 Å². The molecule has 2 aliphatic heterocycles. The summed E-state index contributed by atoms with van der Waals surface area (Å²) in [5, 5.41) is 0.548. The molecule has 150 valence electrons. The molecule has 2 aromatic heterocycles. The summed E-state index contributed by atoms with van der Waals surface area (Å²) in [5.41, 5.74) is 2.88. The van der Waals surface area contributed by atoms with Crippen molar-refractivity contribution < 1.29 is 18.9 Å². The predicted octanol–water partition coefficient (Wildman–Crippen LogP) is 3.75. The van der Waals surface area contributed by atoms with E-state index in [1.54, 1.807) is 0 Å². The second-order valence-electron chi connectivity index (χ2n) is 7.73. The highest BCUT2D eigenvalue weighted by Crippen LogP contribution is 2.33. The maximum Gasteiger partial charge on any atom is 0.296 e. The van der Waals surface area contributed by atoms with Gasteiger partial charge in [0.05, 0.1) is 35.0 Å². The molecule has 1 aliphatic carbocycles. The van der Waals surface area contributed by atoms with Gasteiger partial charge in [-0.3, -0.25) is 0 Å². The molecule has 1 aromatic carbocycles. The molecular weight excluding hydrogens is 394 g/mol. The lowest BCUT2D eigenvalue weighted by Gasteiger charge is -2.15. The molecule has 0 spiro atoms. The first-order valence-corrected chi connectivity index (χ1v) is 10.3. The Morgan fingerprint density at radius 2 is 1.90 bits per heavy atom. The molecular formula is C21H20ClN3O4. The van der Waals surface area contributed by atoms with Crippen molar-refractivity contribution in [3.8, 4) is 23.0 Å². The Hall–Kier alpha value is -2.35. The first kappa shape index (κ1) is 17.5. The van der Waals surface area contributed by atoms with Crippen LogP contribution in [0.15, 0.2) is 30.3 Å². The fourth-order valence-corrected chi connectivity index (χ4v) is 4.16. The molecule has 3 fully saturated rings. The van der Waals surface area contributed by atoms with E-state index in [4.69, 9.17) is 30.5 Å². The van der Waals surface area contributed by atoms with Gasteiger partial charge in [0, 0.05) is 12.2 Å². The highest BCUT2D eigenvalue weighted by atomic mass is 35.5. The fraction of sp³-hybridized carbons (Fsp3) is 0.429. The molecule has 29 heavy (non-hydrogen) atoms. The minimum Gasteiger partial charge on any atom is -0.490 e. The van der Waals surface area contributed by atoms with E-state index in [2.05, 4.69) is 15.0 Å². The van der Waals surface area contributed by atoms with Crippen molar-refractivity contribution in [3.63, 3.8) is 0 Å². The van der Waals surface area contributed by atoms with E-state index >= 15 is 0 Å². The molecule has 1 unspecified atom stereocenters. The quantitative estimate of drug-likeness (QED) is 0.686. The van der Waals surface area contributed by atoms with Gasteiger partial charge >= 0.3 is 0 Å². The number of benzene rings is 1. The summed E-state index contributed by atoms with van der Waals surface area (Å²) in [6.45, 7) is 1.21. The van der Waals surface area contributed by atoms with Gasteiger partial charge in [-0.2, -0.15) is 4.98 Å². The first-order chi connectivity index (χ1) is 14.2. The Morgan fingerprint density at radius 1 is 1.03 bits per heavy atom. The SMILES string of the molecule is Clc1cc2[nH]c(OC3CO[C@@H]4CCO[C@H]34)nc2nc1-c1ccc(OC2CC2)cc1. The summed E-state index contributed by atoms with van der Waals surface area (Å²) in [6, 6.07) is 10.1. The van der Waals surface area contributed by atoms with E-state index in [9.17, 15) is 0 Å². The number of ether oxygens (including phenoxy) is 4. The van der Waals surface area contributed by atoms with Gasteiger partial charge in [-0.1, -0.05) is 11.6 Å². The number of hydrogen-bond donors (Lipinski definition) is 1. The van der Waals surface area contributed by atoms with Crippen LogP contribution in [0.1, 0.15) is 19.3 Å². The standard InChI is InChI=1S/C21H20ClN3O4/c22-14-9-15-20(24-18(14)11-1-3-12(4-2-11)28-13-5-6-13)25-21(23-15)29-17-10-27-16-7-8-26-19(16)17/h1-4,9,13,16-17,19H,5-8,10H2,(H,23,24,25)/t16-,17?,19+/m1/s1. The maximum atomic E-state index is 6.50. The van der Waals surface area contributed by atoms with Gasteiger partial charge in [0.1, 0.15) is 11.9 Å². The number of nitrogens with one attached hydrogen (secondary N) is 1. The van der Waals surface area contributed by atoms with Crippen LogP contribution >= 0.6 is 11.6 Å². The smallest absolute Gasteiger partial charge is 0.296 e. The van der Waals surface area contributed by atoms with Crippen molar-refractivity contribution in [3.05, 3.63) is 35.4 Å². The van der Waals surface area contributed by atoms with Crippen LogP contribution in [-0.2, 0) is 9.47 Å². The lowest BCUT2D eigenvalue weighted by atomic mass is 10.1. The van der Waals surface area contributed by atoms with Crippen LogP contribution in [0.25, 0.3) is 22.4 Å². The summed E-state index contributed by atoms with van der Waals surface area (Å²) in [6.07, 6.45) is 3.47. The highest BCUT2D eigenvalue weighted by Gasteiger charge is 2.43. The van der Waals surface area contributed by atoms with Gasteiger partial charge in [-0.05, 0) is 49.6 Å². The molecule has 0 amide bonds. The van der Waals surface area contributed by atoms with Crippen molar-refractivity contribution in [1.82, 2.24) is 15.0 Å². The Morgan fingerprint density at radius 3 is 2.72 bits per heavy atom. The van der Waals surface area contributed by atoms with Crippen molar-refractivity contribution in [2.24, 2.45) is 0 Å². The van der Waals surface area contributed by atoms with E-state index in [1.165, 1.54) is 0 Å². The second kappa shape index (κ2) is 6.86. The molecule has 6 rings (SSSR count). The van der Waals surface area contributed by atoms with E-state index in [0.717, 1.165) is 36.1 Å². The number of pyridine rings is 1. The average molecular weight is 414 g/mol. The Bertz CT molecular complexity index is 1050. The fourth-order valence-electron chi connectivity index (χ4n) is 3.90. The maximum absolute atomic E-state index is 6.50. The Kier molecular flexibility index (Phi) is 4.14. The minimum absolute atomic E-state index is 0.0355. The molecule has 3 aliphatic rings. The van der Waals surface area contributed by atoms with Crippen molar-refractivity contribution in [2.75, 3.05) is 13.2 Å². The molecule has 1 saturated carbocycles. The van der Waals surface area contributed by atoms with Crippen LogP contribution in [0, 0.1) is 0 Å². The number of aromatic nitrogens is 3. The monoisotopic (exact) mass is 413 g/mol. The Balaban J connectivity index is 1.25. The molecule has 8 heteroatoms. The number of aromatic amines is 1. The van der Waals surface area contributed by atoms with Crippen LogP contribution in [0.4, 0.5) is 0 Å². The van der Waals surface area contributed by atoms with E-state index in [1.807, 2.05) is 30.3 Å². The largest absolute Gasteiger partial charge is 0.490 e. The topological polar surface area (TPSA) is 78.5 Å². The zero-order chi connectivity index (χ0) is 19.4. The van der Waals surface area contributed by atoms with Crippen LogP contribution in [0.5, 0.6) is 11.8 Å². The van der Waals surface area contributed by atoms with E-state index < -0.39 is 0 Å². The number of imidazole rings is 1. The van der Waals surface area contributed by atoms with Crippen LogP contribution in [0.2, 0.25) is 5.02 Å². The number of rotatable bonds is 5. The third-order valence-corrected chi connectivity index (χ3v) is 5.83. The molecule has 1 N–H and O–H groups in total. The first-order valence-electron chi connectivity index (χ1n) is 9.96. The molecule has 0 radical (unpaired) electrons. The summed E-state index contributed by atoms with van der Waals surface area (Å²) in [7, 11) is 0. The zero-order valence-electron chi connectivity index (χ0n) is 15.6. The van der Waals surface area contributed by atoms with Crippen molar-refractivity contribution in [1.29, 1.82) is 0 Å². The van der Waals surface area contributed by atoms with Gasteiger partial charge in [-0.25, -0.2) is 4.98 Å². The molecule has 0 bridgehead atoms. The molecule has 2 saturated heterocycles. The minimum atomic E-state index is -0.169. The summed E-state index contributed by atoms with van der Waals surface area (Å²) < 4.78 is 23.3. The normalized spacial score (nSPS) is 26.0. The van der Waals surface area contributed by atoms with Gasteiger partial charge in [0.15, 0.2) is 11.8 Å². The van der Waals surface area contributed by atoms with Gasteiger partial charge in [0.25, 0.3) is 6.01 Å². The third kappa shape index (κ3) is 3.33. The van der Waals surface area contributed by atoms with Gasteiger partial charge in [-0.15, -0.1) is 0 Å².